The predicted octanol–water partition coefficient (Wildman–Crippen LogP) is -0.348. The Morgan fingerprint density at radius 1 is 1.40 bits per heavy atom. The predicted molar refractivity (Wildman–Crippen MR) is 79.4 cm³/mol. The first-order valence-electron chi connectivity index (χ1n) is 7.36. The van der Waals surface area contributed by atoms with Crippen LogP contribution in [0.2, 0.25) is 0 Å². The van der Waals surface area contributed by atoms with Gasteiger partial charge in [0.25, 0.3) is 0 Å². The SMILES string of the molecule is CCC(C)NC(=O)C(C)N1CCNCC1C(=O)N(C)C. The smallest absolute Gasteiger partial charge is 0.240 e. The normalized spacial score (nSPS) is 22.9. The van der Waals surface area contributed by atoms with Gasteiger partial charge in [0.05, 0.1) is 6.04 Å². The highest BCUT2D eigenvalue weighted by Crippen LogP contribution is 2.11. The monoisotopic (exact) mass is 284 g/mol. The molecule has 1 aliphatic rings. The van der Waals surface area contributed by atoms with Crippen LogP contribution >= 0.6 is 0 Å². The molecule has 1 fully saturated rings. The number of carbonyl (C=O) groups is 2. The number of carbonyl (C=O) groups excluding carboxylic acids is 2. The zero-order valence-corrected chi connectivity index (χ0v) is 13.3. The summed E-state index contributed by atoms with van der Waals surface area (Å²) >= 11 is 0. The van der Waals surface area contributed by atoms with Crippen molar-refractivity contribution in [3.05, 3.63) is 0 Å². The second kappa shape index (κ2) is 7.59. The van der Waals surface area contributed by atoms with Crippen molar-refractivity contribution in [1.29, 1.82) is 0 Å². The van der Waals surface area contributed by atoms with Crippen molar-refractivity contribution >= 4 is 11.8 Å². The topological polar surface area (TPSA) is 64.7 Å². The molecule has 0 aromatic carbocycles. The van der Waals surface area contributed by atoms with Crippen molar-refractivity contribution in [3.63, 3.8) is 0 Å². The standard InChI is InChI=1S/C14H28N4O2/c1-6-10(2)16-13(19)11(3)18-8-7-15-9-12(18)14(20)17(4)5/h10-12,15H,6-9H2,1-5H3,(H,16,19). The molecule has 0 saturated carbocycles. The number of nitrogens with one attached hydrogen (secondary N) is 2. The van der Waals surface area contributed by atoms with Gasteiger partial charge >= 0.3 is 0 Å². The van der Waals surface area contributed by atoms with E-state index in [2.05, 4.69) is 10.6 Å². The number of hydrogen-bond acceptors (Lipinski definition) is 4. The molecule has 0 spiro atoms. The summed E-state index contributed by atoms with van der Waals surface area (Å²) in [6.45, 7) is 8.01. The first-order chi connectivity index (χ1) is 9.38. The van der Waals surface area contributed by atoms with Crippen LogP contribution in [0.4, 0.5) is 0 Å². The number of likely N-dealkylation sites (N-methyl/N-ethyl adjacent to an activating group) is 1. The lowest BCUT2D eigenvalue weighted by Crippen LogP contribution is -2.62. The summed E-state index contributed by atoms with van der Waals surface area (Å²) in [7, 11) is 3.50. The van der Waals surface area contributed by atoms with E-state index >= 15 is 0 Å². The van der Waals surface area contributed by atoms with Crippen molar-refractivity contribution in [2.45, 2.75) is 45.3 Å². The zero-order valence-electron chi connectivity index (χ0n) is 13.3. The second-order valence-corrected chi connectivity index (χ2v) is 5.68. The lowest BCUT2D eigenvalue weighted by Gasteiger charge is -2.39. The van der Waals surface area contributed by atoms with Gasteiger partial charge < -0.3 is 15.5 Å². The highest BCUT2D eigenvalue weighted by Gasteiger charge is 2.35. The summed E-state index contributed by atoms with van der Waals surface area (Å²) in [6, 6.07) is -0.396. The van der Waals surface area contributed by atoms with Crippen LogP contribution in [0.3, 0.4) is 0 Å². The van der Waals surface area contributed by atoms with Crippen molar-refractivity contribution in [3.8, 4) is 0 Å². The summed E-state index contributed by atoms with van der Waals surface area (Å²) in [5, 5.41) is 6.21. The zero-order chi connectivity index (χ0) is 15.3. The van der Waals surface area contributed by atoms with E-state index in [1.807, 2.05) is 25.7 Å². The van der Waals surface area contributed by atoms with E-state index in [1.165, 1.54) is 0 Å². The third-order valence-corrected chi connectivity index (χ3v) is 3.89. The Morgan fingerprint density at radius 2 is 2.05 bits per heavy atom. The minimum Gasteiger partial charge on any atom is -0.352 e. The largest absolute Gasteiger partial charge is 0.352 e. The van der Waals surface area contributed by atoms with Crippen LogP contribution < -0.4 is 10.6 Å². The number of amides is 2. The van der Waals surface area contributed by atoms with Crippen LogP contribution in [0, 0.1) is 0 Å². The summed E-state index contributed by atoms with van der Waals surface area (Å²) in [6.07, 6.45) is 0.903. The minimum atomic E-state index is -0.292. The van der Waals surface area contributed by atoms with Crippen LogP contribution in [0.5, 0.6) is 0 Å². The lowest BCUT2D eigenvalue weighted by molar-refractivity contribution is -0.138. The molecule has 1 saturated heterocycles. The molecule has 0 aliphatic carbocycles. The quantitative estimate of drug-likeness (QED) is 0.724. The molecule has 116 valence electrons. The third-order valence-electron chi connectivity index (χ3n) is 3.89. The average molecular weight is 284 g/mol. The van der Waals surface area contributed by atoms with Crippen LogP contribution in [-0.4, -0.2) is 73.5 Å². The van der Waals surface area contributed by atoms with Gasteiger partial charge in [-0.25, -0.2) is 0 Å². The van der Waals surface area contributed by atoms with E-state index < -0.39 is 0 Å². The Kier molecular flexibility index (Phi) is 6.42. The van der Waals surface area contributed by atoms with Gasteiger partial charge in [0.1, 0.15) is 6.04 Å². The minimum absolute atomic E-state index is 0.00203. The van der Waals surface area contributed by atoms with E-state index in [0.29, 0.717) is 13.1 Å². The van der Waals surface area contributed by atoms with Gasteiger partial charge in [-0.05, 0) is 20.3 Å². The fraction of sp³-hybridized carbons (Fsp3) is 0.857. The number of rotatable bonds is 5. The molecule has 2 amide bonds. The molecule has 0 bridgehead atoms. The van der Waals surface area contributed by atoms with Crippen LogP contribution in [0.1, 0.15) is 27.2 Å². The highest BCUT2D eigenvalue weighted by atomic mass is 16.2. The maximum absolute atomic E-state index is 12.3. The molecule has 1 heterocycles. The summed E-state index contributed by atoms with van der Waals surface area (Å²) in [5.74, 6) is 0.0400. The van der Waals surface area contributed by atoms with Crippen LogP contribution in [-0.2, 0) is 9.59 Å². The molecule has 1 rings (SSSR count). The van der Waals surface area contributed by atoms with Gasteiger partial charge in [-0.3, -0.25) is 14.5 Å². The molecular weight excluding hydrogens is 256 g/mol. The van der Waals surface area contributed by atoms with Crippen molar-refractivity contribution in [1.82, 2.24) is 20.4 Å². The molecule has 0 aromatic rings. The van der Waals surface area contributed by atoms with Crippen LogP contribution in [0.25, 0.3) is 0 Å². The Balaban J connectivity index is 2.74. The molecule has 6 nitrogen and oxygen atoms in total. The Morgan fingerprint density at radius 3 is 2.60 bits per heavy atom. The maximum atomic E-state index is 12.3. The van der Waals surface area contributed by atoms with Crippen molar-refractivity contribution in [2.24, 2.45) is 0 Å². The van der Waals surface area contributed by atoms with Gasteiger partial charge in [0.15, 0.2) is 0 Å². The second-order valence-electron chi connectivity index (χ2n) is 5.68. The number of nitrogens with zero attached hydrogens (tertiary/aromatic N) is 2. The summed E-state index contributed by atoms with van der Waals surface area (Å²) in [5.41, 5.74) is 0. The summed E-state index contributed by atoms with van der Waals surface area (Å²) < 4.78 is 0. The van der Waals surface area contributed by atoms with Crippen LogP contribution in [0.15, 0.2) is 0 Å². The van der Waals surface area contributed by atoms with Gasteiger partial charge in [0.2, 0.25) is 11.8 Å². The van der Waals surface area contributed by atoms with E-state index in [0.717, 1.165) is 13.0 Å². The van der Waals surface area contributed by atoms with Gasteiger partial charge in [0, 0.05) is 39.8 Å². The van der Waals surface area contributed by atoms with Crippen molar-refractivity contribution in [2.75, 3.05) is 33.7 Å². The van der Waals surface area contributed by atoms with Gasteiger partial charge in [-0.1, -0.05) is 6.92 Å². The molecule has 0 radical (unpaired) electrons. The molecule has 6 heteroatoms. The fourth-order valence-electron chi connectivity index (χ4n) is 2.33. The van der Waals surface area contributed by atoms with E-state index in [1.54, 1.807) is 19.0 Å². The first-order valence-corrected chi connectivity index (χ1v) is 7.36. The molecule has 3 atom stereocenters. The molecule has 0 aromatic heterocycles. The molecule has 3 unspecified atom stereocenters. The third kappa shape index (κ3) is 4.18. The van der Waals surface area contributed by atoms with Crippen molar-refractivity contribution < 1.29 is 9.59 Å². The summed E-state index contributed by atoms with van der Waals surface area (Å²) in [4.78, 5) is 28.1. The van der Waals surface area contributed by atoms with E-state index in [4.69, 9.17) is 0 Å². The maximum Gasteiger partial charge on any atom is 0.240 e. The first kappa shape index (κ1) is 16.9. The van der Waals surface area contributed by atoms with E-state index in [-0.39, 0.29) is 29.9 Å². The number of piperazine rings is 1. The van der Waals surface area contributed by atoms with E-state index in [9.17, 15) is 9.59 Å². The molecule has 20 heavy (non-hydrogen) atoms. The van der Waals surface area contributed by atoms with Gasteiger partial charge in [-0.2, -0.15) is 0 Å². The molecular formula is C14H28N4O2. The Hall–Kier alpha value is -1.14. The Labute approximate surface area is 121 Å². The lowest BCUT2D eigenvalue weighted by atomic mass is 10.1. The Bertz CT molecular complexity index is 346. The average Bonchev–Trinajstić information content (AvgIpc) is 2.45. The van der Waals surface area contributed by atoms with Gasteiger partial charge in [-0.15, -0.1) is 0 Å². The molecule has 1 aliphatic heterocycles. The number of hydrogen-bond donors (Lipinski definition) is 2. The molecule has 2 N–H and O–H groups in total. The highest BCUT2D eigenvalue weighted by molar-refractivity contribution is 5.85. The fourth-order valence-corrected chi connectivity index (χ4v) is 2.33.